The second kappa shape index (κ2) is 8.56. The van der Waals surface area contributed by atoms with Crippen molar-refractivity contribution in [3.63, 3.8) is 0 Å². The normalized spacial score (nSPS) is 12.9. The molecule has 28 heavy (non-hydrogen) atoms. The maximum Gasteiger partial charge on any atom is 0.335 e. The number of carbonyl (C=O) groups excluding carboxylic acids is 2. The van der Waals surface area contributed by atoms with Crippen LogP contribution in [-0.2, 0) is 16.1 Å². The number of benzene rings is 2. The van der Waals surface area contributed by atoms with Gasteiger partial charge in [-0.15, -0.1) is 0 Å². The lowest BCUT2D eigenvalue weighted by atomic mass is 10.1. The van der Waals surface area contributed by atoms with Crippen molar-refractivity contribution in [2.75, 3.05) is 19.0 Å². The minimum Gasteiger partial charge on any atom is -0.484 e. The zero-order valence-electron chi connectivity index (χ0n) is 15.6. The summed E-state index contributed by atoms with van der Waals surface area (Å²) >= 11 is 0. The van der Waals surface area contributed by atoms with Crippen molar-refractivity contribution in [2.24, 2.45) is 5.92 Å². The van der Waals surface area contributed by atoms with Gasteiger partial charge in [0, 0.05) is 31.3 Å². The van der Waals surface area contributed by atoms with E-state index >= 15 is 0 Å². The third-order valence-corrected chi connectivity index (χ3v) is 4.46. The van der Waals surface area contributed by atoms with E-state index in [2.05, 4.69) is 5.32 Å². The Balaban J connectivity index is 1.50. The summed E-state index contributed by atoms with van der Waals surface area (Å²) in [5.74, 6) is -0.568. The molecule has 2 N–H and O–H groups in total. The second-order valence-electron chi connectivity index (χ2n) is 6.83. The molecule has 2 aromatic carbocycles. The fourth-order valence-corrected chi connectivity index (χ4v) is 2.62. The van der Waals surface area contributed by atoms with Crippen LogP contribution in [0.1, 0.15) is 28.8 Å². The van der Waals surface area contributed by atoms with Gasteiger partial charge in [0.05, 0.1) is 5.56 Å². The van der Waals surface area contributed by atoms with Crippen LogP contribution in [-0.4, -0.2) is 41.4 Å². The predicted octanol–water partition coefficient (Wildman–Crippen LogP) is 2.77. The molecule has 1 aliphatic carbocycles. The van der Waals surface area contributed by atoms with Crippen molar-refractivity contribution in [2.45, 2.75) is 19.4 Å². The largest absolute Gasteiger partial charge is 0.484 e. The number of amides is 2. The number of aromatic carboxylic acids is 1. The molecule has 0 atom stereocenters. The summed E-state index contributed by atoms with van der Waals surface area (Å²) in [6, 6.07) is 13.3. The Morgan fingerprint density at radius 1 is 1.14 bits per heavy atom. The topological polar surface area (TPSA) is 95.9 Å². The smallest absolute Gasteiger partial charge is 0.335 e. The van der Waals surface area contributed by atoms with E-state index < -0.39 is 5.97 Å². The molecule has 2 amide bonds. The van der Waals surface area contributed by atoms with E-state index in [1.54, 1.807) is 43.4 Å². The molecule has 1 saturated carbocycles. The minimum atomic E-state index is -0.986. The highest BCUT2D eigenvalue weighted by molar-refractivity contribution is 5.94. The predicted molar refractivity (Wildman–Crippen MR) is 103 cm³/mol. The Bertz CT molecular complexity index is 875. The molecule has 1 aliphatic rings. The first-order chi connectivity index (χ1) is 13.4. The van der Waals surface area contributed by atoms with E-state index in [-0.39, 0.29) is 29.9 Å². The molecule has 146 valence electrons. The number of carbonyl (C=O) groups is 3. The summed E-state index contributed by atoms with van der Waals surface area (Å²) in [7, 11) is 1.66. The number of hydrogen-bond donors (Lipinski definition) is 2. The number of carboxylic acid groups (broad SMARTS) is 1. The van der Waals surface area contributed by atoms with E-state index in [1.807, 2.05) is 0 Å². The SMILES string of the molecule is CN(Cc1ccc(C(=O)O)cc1)C(=O)COc1cccc(NC(=O)C2CC2)c1. The number of ether oxygens (including phenoxy) is 1. The number of anilines is 1. The highest BCUT2D eigenvalue weighted by Gasteiger charge is 2.29. The van der Waals surface area contributed by atoms with Crippen molar-refractivity contribution in [1.29, 1.82) is 0 Å². The zero-order valence-corrected chi connectivity index (χ0v) is 15.6. The monoisotopic (exact) mass is 382 g/mol. The van der Waals surface area contributed by atoms with Gasteiger partial charge in [-0.3, -0.25) is 9.59 Å². The van der Waals surface area contributed by atoms with Gasteiger partial charge in [0.25, 0.3) is 5.91 Å². The molecular weight excluding hydrogens is 360 g/mol. The van der Waals surface area contributed by atoms with Crippen LogP contribution in [0.15, 0.2) is 48.5 Å². The second-order valence-corrected chi connectivity index (χ2v) is 6.83. The van der Waals surface area contributed by atoms with Gasteiger partial charge in [-0.2, -0.15) is 0 Å². The average Bonchev–Trinajstić information content (AvgIpc) is 3.52. The Labute approximate surface area is 162 Å². The van der Waals surface area contributed by atoms with Crippen molar-refractivity contribution in [3.05, 3.63) is 59.7 Å². The standard InChI is InChI=1S/C21H22N2O5/c1-23(12-14-5-7-16(8-6-14)21(26)27)19(24)13-28-18-4-2-3-17(11-18)22-20(25)15-9-10-15/h2-8,11,15H,9-10,12-13H2,1H3,(H,22,25)(H,26,27). The Morgan fingerprint density at radius 3 is 2.50 bits per heavy atom. The summed E-state index contributed by atoms with van der Waals surface area (Å²) in [5, 5.41) is 11.8. The molecule has 0 heterocycles. The zero-order chi connectivity index (χ0) is 20.1. The molecule has 0 aliphatic heterocycles. The molecule has 0 radical (unpaired) electrons. The van der Waals surface area contributed by atoms with Gasteiger partial charge < -0.3 is 20.1 Å². The number of likely N-dealkylation sites (N-methyl/N-ethyl adjacent to an activating group) is 1. The number of rotatable bonds is 8. The first kappa shape index (κ1) is 19.4. The molecular formula is C21H22N2O5. The van der Waals surface area contributed by atoms with Gasteiger partial charge in [0.15, 0.2) is 6.61 Å². The number of carboxylic acids is 1. The van der Waals surface area contributed by atoms with Gasteiger partial charge in [-0.1, -0.05) is 18.2 Å². The van der Waals surface area contributed by atoms with E-state index in [0.29, 0.717) is 18.0 Å². The lowest BCUT2D eigenvalue weighted by Gasteiger charge is -2.18. The van der Waals surface area contributed by atoms with Crippen LogP contribution in [0.4, 0.5) is 5.69 Å². The van der Waals surface area contributed by atoms with E-state index in [9.17, 15) is 14.4 Å². The first-order valence-electron chi connectivity index (χ1n) is 9.02. The van der Waals surface area contributed by atoms with E-state index in [4.69, 9.17) is 9.84 Å². The van der Waals surface area contributed by atoms with Gasteiger partial charge in [0.1, 0.15) is 5.75 Å². The number of nitrogens with zero attached hydrogens (tertiary/aromatic N) is 1. The Kier molecular flexibility index (Phi) is 5.93. The molecule has 7 heteroatoms. The highest BCUT2D eigenvalue weighted by atomic mass is 16.5. The maximum atomic E-state index is 12.3. The molecule has 0 bridgehead atoms. The van der Waals surface area contributed by atoms with E-state index in [1.165, 1.54) is 17.0 Å². The molecule has 3 rings (SSSR count). The molecule has 0 spiro atoms. The minimum absolute atomic E-state index is 0.0156. The molecule has 7 nitrogen and oxygen atoms in total. The summed E-state index contributed by atoms with van der Waals surface area (Å²) in [4.78, 5) is 36.5. The number of nitrogens with one attached hydrogen (secondary N) is 1. The average molecular weight is 382 g/mol. The van der Waals surface area contributed by atoms with Crippen LogP contribution in [0, 0.1) is 5.92 Å². The summed E-state index contributed by atoms with van der Waals surface area (Å²) in [6.45, 7) is 0.212. The summed E-state index contributed by atoms with van der Waals surface area (Å²) in [6.07, 6.45) is 1.86. The fraction of sp³-hybridized carbons (Fsp3) is 0.286. The van der Waals surface area contributed by atoms with Crippen LogP contribution < -0.4 is 10.1 Å². The lowest BCUT2D eigenvalue weighted by Crippen LogP contribution is -2.31. The van der Waals surface area contributed by atoms with Crippen LogP contribution in [0.5, 0.6) is 5.75 Å². The van der Waals surface area contributed by atoms with Crippen LogP contribution in [0.2, 0.25) is 0 Å². The third kappa shape index (κ3) is 5.33. The number of hydrogen-bond acceptors (Lipinski definition) is 4. The third-order valence-electron chi connectivity index (χ3n) is 4.46. The fourth-order valence-electron chi connectivity index (χ4n) is 2.62. The highest BCUT2D eigenvalue weighted by Crippen LogP contribution is 2.30. The lowest BCUT2D eigenvalue weighted by molar-refractivity contribution is -0.132. The molecule has 0 aromatic heterocycles. The van der Waals surface area contributed by atoms with Gasteiger partial charge in [-0.05, 0) is 42.7 Å². The summed E-state index contributed by atoms with van der Waals surface area (Å²) in [5.41, 5.74) is 1.68. The molecule has 1 fully saturated rings. The first-order valence-corrected chi connectivity index (χ1v) is 9.02. The molecule has 0 unspecified atom stereocenters. The van der Waals surface area contributed by atoms with Crippen LogP contribution >= 0.6 is 0 Å². The van der Waals surface area contributed by atoms with Crippen molar-refractivity contribution >= 4 is 23.5 Å². The molecule has 0 saturated heterocycles. The maximum absolute atomic E-state index is 12.3. The van der Waals surface area contributed by atoms with Crippen molar-refractivity contribution < 1.29 is 24.2 Å². The molecule has 2 aromatic rings. The van der Waals surface area contributed by atoms with Gasteiger partial charge in [0.2, 0.25) is 5.91 Å². The van der Waals surface area contributed by atoms with Crippen molar-refractivity contribution in [3.8, 4) is 5.75 Å². The van der Waals surface area contributed by atoms with Crippen molar-refractivity contribution in [1.82, 2.24) is 4.90 Å². The summed E-state index contributed by atoms with van der Waals surface area (Å²) < 4.78 is 5.56. The van der Waals surface area contributed by atoms with Crippen LogP contribution in [0.3, 0.4) is 0 Å². The van der Waals surface area contributed by atoms with Gasteiger partial charge >= 0.3 is 5.97 Å². The van der Waals surface area contributed by atoms with Gasteiger partial charge in [-0.25, -0.2) is 4.79 Å². The van der Waals surface area contributed by atoms with Crippen LogP contribution in [0.25, 0.3) is 0 Å². The van der Waals surface area contributed by atoms with E-state index in [0.717, 1.165) is 18.4 Å². The Hall–Kier alpha value is -3.35. The Morgan fingerprint density at radius 2 is 1.86 bits per heavy atom. The quantitative estimate of drug-likeness (QED) is 0.732.